The molecule has 0 aliphatic carbocycles. The van der Waals surface area contributed by atoms with Crippen molar-refractivity contribution in [3.8, 4) is 34.1 Å². The Hall–Kier alpha value is -3.50. The van der Waals surface area contributed by atoms with Crippen molar-refractivity contribution < 1.29 is 14.3 Å². The third-order valence-electron chi connectivity index (χ3n) is 5.02. The first-order valence-electron chi connectivity index (χ1n) is 10.2. The van der Waals surface area contributed by atoms with Crippen LogP contribution in [0.1, 0.15) is 0 Å². The third-order valence-corrected chi connectivity index (χ3v) is 6.33. The highest BCUT2D eigenvalue weighted by atomic mass is 35.5. The van der Waals surface area contributed by atoms with Gasteiger partial charge in [-0.05, 0) is 30.3 Å². The van der Waals surface area contributed by atoms with Gasteiger partial charge < -0.3 is 19.4 Å². The van der Waals surface area contributed by atoms with Crippen LogP contribution in [-0.2, 0) is 18.9 Å². The molecular formula is C23H23ClN6O3S. The van der Waals surface area contributed by atoms with Crippen LogP contribution < -0.4 is 14.8 Å². The van der Waals surface area contributed by atoms with Gasteiger partial charge in [-0.2, -0.15) is 5.10 Å². The monoisotopic (exact) mass is 498 g/mol. The van der Waals surface area contributed by atoms with Crippen molar-refractivity contribution >= 4 is 35.0 Å². The summed E-state index contributed by atoms with van der Waals surface area (Å²) in [6.07, 6.45) is 1.90. The van der Waals surface area contributed by atoms with Crippen LogP contribution in [0, 0.1) is 0 Å². The fraction of sp³-hybridized carbons (Fsp3) is 0.217. The molecule has 0 aliphatic rings. The van der Waals surface area contributed by atoms with Gasteiger partial charge in [0.2, 0.25) is 5.91 Å². The third kappa shape index (κ3) is 5.02. The van der Waals surface area contributed by atoms with Crippen molar-refractivity contribution in [1.29, 1.82) is 0 Å². The van der Waals surface area contributed by atoms with Crippen LogP contribution in [0.4, 0.5) is 5.69 Å². The van der Waals surface area contributed by atoms with E-state index in [4.69, 9.17) is 21.1 Å². The fourth-order valence-electron chi connectivity index (χ4n) is 3.38. The van der Waals surface area contributed by atoms with E-state index in [1.807, 2.05) is 49.1 Å². The molecule has 1 amide bonds. The van der Waals surface area contributed by atoms with Crippen LogP contribution in [0.2, 0.25) is 5.02 Å². The van der Waals surface area contributed by atoms with E-state index >= 15 is 0 Å². The summed E-state index contributed by atoms with van der Waals surface area (Å²) >= 11 is 7.42. The summed E-state index contributed by atoms with van der Waals surface area (Å²) in [5, 5.41) is 17.1. The lowest BCUT2D eigenvalue weighted by molar-refractivity contribution is -0.113. The summed E-state index contributed by atoms with van der Waals surface area (Å²) in [5.74, 6) is 1.91. The number of carbonyl (C=O) groups is 1. The minimum Gasteiger partial charge on any atom is -0.497 e. The van der Waals surface area contributed by atoms with E-state index in [1.54, 1.807) is 30.0 Å². The number of aryl methyl sites for hydroxylation is 1. The maximum absolute atomic E-state index is 12.5. The van der Waals surface area contributed by atoms with Crippen molar-refractivity contribution in [2.75, 3.05) is 25.3 Å². The number of nitrogens with one attached hydrogen (secondary N) is 1. The first kappa shape index (κ1) is 23.7. The van der Waals surface area contributed by atoms with Gasteiger partial charge in [0, 0.05) is 31.5 Å². The Morgan fingerprint density at radius 2 is 1.94 bits per heavy atom. The molecule has 34 heavy (non-hydrogen) atoms. The second-order valence-electron chi connectivity index (χ2n) is 7.35. The van der Waals surface area contributed by atoms with Crippen LogP contribution in [0.25, 0.3) is 22.6 Å². The molecule has 0 unspecified atom stereocenters. The highest BCUT2D eigenvalue weighted by Gasteiger charge is 2.20. The predicted molar refractivity (Wildman–Crippen MR) is 133 cm³/mol. The first-order chi connectivity index (χ1) is 16.4. The van der Waals surface area contributed by atoms with Crippen LogP contribution in [0.5, 0.6) is 11.5 Å². The molecule has 0 saturated heterocycles. The molecule has 4 aromatic rings. The quantitative estimate of drug-likeness (QED) is 0.362. The van der Waals surface area contributed by atoms with E-state index in [0.29, 0.717) is 27.4 Å². The lowest BCUT2D eigenvalue weighted by Crippen LogP contribution is -2.14. The number of anilines is 1. The molecule has 9 nitrogen and oxygen atoms in total. The molecule has 0 spiro atoms. The van der Waals surface area contributed by atoms with E-state index in [1.165, 1.54) is 18.9 Å². The number of nitrogens with zero attached hydrogens (tertiary/aromatic N) is 5. The molecule has 2 heterocycles. The number of hydrogen-bond donors (Lipinski definition) is 1. The molecule has 0 fully saturated rings. The normalized spacial score (nSPS) is 10.9. The van der Waals surface area contributed by atoms with Crippen molar-refractivity contribution in [2.45, 2.75) is 5.16 Å². The number of halogens is 1. The molecule has 0 bridgehead atoms. The summed E-state index contributed by atoms with van der Waals surface area (Å²) < 4.78 is 14.1. The Morgan fingerprint density at radius 3 is 2.68 bits per heavy atom. The van der Waals surface area contributed by atoms with E-state index in [2.05, 4.69) is 20.6 Å². The summed E-state index contributed by atoms with van der Waals surface area (Å²) in [4.78, 5) is 12.5. The van der Waals surface area contributed by atoms with Crippen molar-refractivity contribution in [1.82, 2.24) is 24.5 Å². The van der Waals surface area contributed by atoms with E-state index in [-0.39, 0.29) is 11.7 Å². The molecule has 0 radical (unpaired) electrons. The van der Waals surface area contributed by atoms with Gasteiger partial charge >= 0.3 is 0 Å². The average molecular weight is 499 g/mol. The second kappa shape index (κ2) is 10.2. The van der Waals surface area contributed by atoms with Gasteiger partial charge in [0.1, 0.15) is 17.2 Å². The number of hydrogen-bond acceptors (Lipinski definition) is 7. The second-order valence-corrected chi connectivity index (χ2v) is 8.70. The van der Waals surface area contributed by atoms with Crippen LogP contribution in [-0.4, -0.2) is 50.4 Å². The molecule has 0 aliphatic heterocycles. The molecule has 176 valence electrons. The Kier molecular flexibility index (Phi) is 7.09. The number of thioether (sulfide) groups is 1. The van der Waals surface area contributed by atoms with Crippen LogP contribution in [0.15, 0.2) is 53.8 Å². The molecule has 0 atom stereocenters. The Bertz CT molecular complexity index is 1340. The maximum atomic E-state index is 12.5. The number of ether oxygens (including phenoxy) is 2. The maximum Gasteiger partial charge on any atom is 0.234 e. The minimum atomic E-state index is -0.186. The van der Waals surface area contributed by atoms with Gasteiger partial charge in [-0.3, -0.25) is 9.48 Å². The van der Waals surface area contributed by atoms with E-state index in [9.17, 15) is 4.79 Å². The van der Waals surface area contributed by atoms with Crippen molar-refractivity contribution in [3.63, 3.8) is 0 Å². The molecule has 4 rings (SSSR count). The molecule has 2 aromatic carbocycles. The summed E-state index contributed by atoms with van der Waals surface area (Å²) in [6.45, 7) is 0. The number of carbonyl (C=O) groups excluding carboxylic acids is 1. The molecular weight excluding hydrogens is 476 g/mol. The highest BCUT2D eigenvalue weighted by molar-refractivity contribution is 7.99. The summed E-state index contributed by atoms with van der Waals surface area (Å²) in [7, 11) is 6.89. The minimum absolute atomic E-state index is 0.158. The molecule has 11 heteroatoms. The molecule has 2 aromatic heterocycles. The number of methoxy groups -OCH3 is 2. The fourth-order valence-corrected chi connectivity index (χ4v) is 4.35. The number of rotatable bonds is 8. The van der Waals surface area contributed by atoms with Gasteiger partial charge in [-0.1, -0.05) is 35.5 Å². The number of aromatic nitrogens is 5. The zero-order chi connectivity index (χ0) is 24.2. The van der Waals surface area contributed by atoms with Crippen molar-refractivity contribution in [3.05, 3.63) is 53.7 Å². The Balaban J connectivity index is 1.50. The zero-order valence-electron chi connectivity index (χ0n) is 19.1. The number of benzene rings is 2. The van der Waals surface area contributed by atoms with Gasteiger partial charge in [0.15, 0.2) is 11.0 Å². The number of amides is 1. The molecule has 1 N–H and O–H groups in total. The smallest absolute Gasteiger partial charge is 0.234 e. The van der Waals surface area contributed by atoms with Gasteiger partial charge in [-0.15, -0.1) is 10.2 Å². The Labute approximate surface area is 206 Å². The van der Waals surface area contributed by atoms with E-state index < -0.39 is 0 Å². The van der Waals surface area contributed by atoms with E-state index in [0.717, 1.165) is 22.6 Å². The Morgan fingerprint density at radius 1 is 1.12 bits per heavy atom. The van der Waals surface area contributed by atoms with Crippen molar-refractivity contribution in [2.24, 2.45) is 14.1 Å². The largest absolute Gasteiger partial charge is 0.497 e. The highest BCUT2D eigenvalue weighted by Crippen LogP contribution is 2.33. The van der Waals surface area contributed by atoms with Gasteiger partial charge in [0.05, 0.1) is 30.6 Å². The van der Waals surface area contributed by atoms with Crippen LogP contribution in [0.3, 0.4) is 0 Å². The lowest BCUT2D eigenvalue weighted by Gasteiger charge is -2.08. The lowest BCUT2D eigenvalue weighted by atomic mass is 10.1. The topological polar surface area (TPSA) is 96.1 Å². The zero-order valence-corrected chi connectivity index (χ0v) is 20.6. The average Bonchev–Trinajstić information content (AvgIpc) is 3.39. The van der Waals surface area contributed by atoms with Gasteiger partial charge in [0.25, 0.3) is 0 Å². The van der Waals surface area contributed by atoms with Crippen LogP contribution >= 0.6 is 23.4 Å². The van der Waals surface area contributed by atoms with Gasteiger partial charge in [-0.25, -0.2) is 0 Å². The SMILES string of the molecule is COc1cccc(-c2nn(C)cc2-c2nnc(SCC(=O)Nc3ccc(OC)c(Cl)c3)n2C)c1. The standard InChI is InChI=1S/C23H23ClN6O3S/c1-29-12-17(21(28-29)14-6-5-7-16(10-14)32-3)22-26-27-23(30(22)2)34-13-20(31)25-15-8-9-19(33-4)18(24)11-15/h5-12H,13H2,1-4H3,(H,25,31). The summed E-state index contributed by atoms with van der Waals surface area (Å²) in [5.41, 5.74) is 3.09. The summed E-state index contributed by atoms with van der Waals surface area (Å²) in [6, 6.07) is 12.8. The first-order valence-corrected chi connectivity index (χ1v) is 11.6. The predicted octanol–water partition coefficient (Wildman–Crippen LogP) is 4.28. The molecule has 0 saturated carbocycles.